The van der Waals surface area contributed by atoms with Gasteiger partial charge in [-0.05, 0) is 37.6 Å². The number of hydrogen-bond donors (Lipinski definition) is 1. The topological polar surface area (TPSA) is 23.5 Å². The molecule has 1 unspecified atom stereocenters. The van der Waals surface area contributed by atoms with Crippen molar-refractivity contribution in [2.75, 3.05) is 11.4 Å². The van der Waals surface area contributed by atoms with Crippen molar-refractivity contribution < 1.29 is 5.11 Å². The lowest BCUT2D eigenvalue weighted by Gasteiger charge is -2.27. The van der Waals surface area contributed by atoms with E-state index in [1.54, 1.807) is 0 Å². The van der Waals surface area contributed by atoms with Crippen molar-refractivity contribution in [1.29, 1.82) is 0 Å². The molecule has 0 saturated heterocycles. The van der Waals surface area contributed by atoms with Crippen LogP contribution in [0.5, 0.6) is 0 Å². The molecule has 0 aliphatic rings. The van der Waals surface area contributed by atoms with Gasteiger partial charge in [0.25, 0.3) is 0 Å². The maximum atomic E-state index is 9.96. The minimum absolute atomic E-state index is 0.318. The Morgan fingerprint density at radius 3 is 2.11 bits per heavy atom. The first-order valence-electron chi connectivity index (χ1n) is 6.78. The van der Waals surface area contributed by atoms with Crippen LogP contribution >= 0.6 is 0 Å². The van der Waals surface area contributed by atoms with Gasteiger partial charge in [-0.25, -0.2) is 0 Å². The number of aryl methyl sites for hydroxylation is 1. The van der Waals surface area contributed by atoms with Gasteiger partial charge < -0.3 is 10.0 Å². The van der Waals surface area contributed by atoms with Crippen LogP contribution in [-0.2, 0) is 0 Å². The number of anilines is 2. The predicted octanol–water partition coefficient (Wildman–Crippen LogP) is 3.90. The highest BCUT2D eigenvalue weighted by atomic mass is 16.3. The van der Waals surface area contributed by atoms with E-state index in [1.165, 1.54) is 5.56 Å². The van der Waals surface area contributed by atoms with Crippen molar-refractivity contribution in [1.82, 2.24) is 0 Å². The molecule has 0 radical (unpaired) electrons. The Balaban J connectivity index is 2.31. The second-order valence-corrected chi connectivity index (χ2v) is 4.84. The molecule has 0 heterocycles. The van der Waals surface area contributed by atoms with Crippen LogP contribution in [0.4, 0.5) is 11.4 Å². The highest BCUT2D eigenvalue weighted by Gasteiger charge is 2.12. The molecule has 100 valence electrons. The molecule has 2 nitrogen and oxygen atoms in total. The molecule has 19 heavy (non-hydrogen) atoms. The zero-order valence-electron chi connectivity index (χ0n) is 11.6. The third-order valence-electron chi connectivity index (χ3n) is 3.28. The van der Waals surface area contributed by atoms with E-state index in [-0.39, 0.29) is 6.10 Å². The second-order valence-electron chi connectivity index (χ2n) is 4.84. The lowest BCUT2D eigenvalue weighted by atomic mass is 10.1. The van der Waals surface area contributed by atoms with Gasteiger partial charge in [0, 0.05) is 17.9 Å². The summed E-state index contributed by atoms with van der Waals surface area (Å²) >= 11 is 0. The van der Waals surface area contributed by atoms with Crippen molar-refractivity contribution in [3.63, 3.8) is 0 Å². The quantitative estimate of drug-likeness (QED) is 0.875. The van der Waals surface area contributed by atoms with E-state index in [1.807, 2.05) is 25.1 Å². The zero-order chi connectivity index (χ0) is 13.7. The van der Waals surface area contributed by atoms with E-state index in [4.69, 9.17) is 0 Å². The lowest BCUT2D eigenvalue weighted by Crippen LogP contribution is -2.28. The van der Waals surface area contributed by atoms with Gasteiger partial charge in [-0.1, -0.05) is 42.8 Å². The van der Waals surface area contributed by atoms with Crippen LogP contribution < -0.4 is 4.90 Å². The number of rotatable bonds is 5. The SMILES string of the molecule is CCC(O)CN(c1ccccc1)c1ccc(C)cc1. The van der Waals surface area contributed by atoms with Crippen LogP contribution in [0, 0.1) is 6.92 Å². The predicted molar refractivity (Wildman–Crippen MR) is 80.9 cm³/mol. The molecule has 0 spiro atoms. The molecular weight excluding hydrogens is 234 g/mol. The van der Waals surface area contributed by atoms with Crippen LogP contribution in [0.1, 0.15) is 18.9 Å². The minimum atomic E-state index is -0.318. The van der Waals surface area contributed by atoms with Crippen LogP contribution in [0.3, 0.4) is 0 Å². The number of benzene rings is 2. The van der Waals surface area contributed by atoms with E-state index in [9.17, 15) is 5.11 Å². The monoisotopic (exact) mass is 255 g/mol. The third-order valence-corrected chi connectivity index (χ3v) is 3.28. The standard InChI is InChI=1S/C17H21NO/c1-3-17(19)13-18(15-7-5-4-6-8-15)16-11-9-14(2)10-12-16/h4-12,17,19H,3,13H2,1-2H3. The highest BCUT2D eigenvalue weighted by molar-refractivity contribution is 5.63. The summed E-state index contributed by atoms with van der Waals surface area (Å²) in [5, 5.41) is 9.96. The number of aliphatic hydroxyl groups excluding tert-OH is 1. The Morgan fingerprint density at radius 2 is 1.53 bits per heavy atom. The van der Waals surface area contributed by atoms with Crippen molar-refractivity contribution in [2.24, 2.45) is 0 Å². The molecule has 2 aromatic carbocycles. The molecule has 1 N–H and O–H groups in total. The van der Waals surface area contributed by atoms with Crippen molar-refractivity contribution in [3.8, 4) is 0 Å². The normalized spacial score (nSPS) is 12.2. The van der Waals surface area contributed by atoms with E-state index < -0.39 is 0 Å². The van der Waals surface area contributed by atoms with Gasteiger partial charge in [0.1, 0.15) is 0 Å². The molecule has 0 amide bonds. The summed E-state index contributed by atoms with van der Waals surface area (Å²) in [6, 6.07) is 18.6. The van der Waals surface area contributed by atoms with E-state index in [0.29, 0.717) is 6.54 Å². The fourth-order valence-corrected chi connectivity index (χ4v) is 2.03. The van der Waals surface area contributed by atoms with Gasteiger partial charge in [-0.15, -0.1) is 0 Å². The fraction of sp³-hybridized carbons (Fsp3) is 0.294. The Kier molecular flexibility index (Phi) is 4.58. The summed E-state index contributed by atoms with van der Waals surface area (Å²) in [5.74, 6) is 0. The summed E-state index contributed by atoms with van der Waals surface area (Å²) in [7, 11) is 0. The fourth-order valence-electron chi connectivity index (χ4n) is 2.03. The molecule has 0 aromatic heterocycles. The van der Waals surface area contributed by atoms with E-state index in [2.05, 4.69) is 48.2 Å². The average Bonchev–Trinajstić information content (AvgIpc) is 2.46. The molecule has 0 saturated carbocycles. The summed E-state index contributed by atoms with van der Waals surface area (Å²) in [6.45, 7) is 4.70. The van der Waals surface area contributed by atoms with Gasteiger partial charge in [0.2, 0.25) is 0 Å². The highest BCUT2D eigenvalue weighted by Crippen LogP contribution is 2.25. The number of nitrogens with zero attached hydrogens (tertiary/aromatic N) is 1. The number of para-hydroxylation sites is 1. The van der Waals surface area contributed by atoms with Crippen LogP contribution in [0.25, 0.3) is 0 Å². The van der Waals surface area contributed by atoms with E-state index >= 15 is 0 Å². The van der Waals surface area contributed by atoms with Crippen LogP contribution in [-0.4, -0.2) is 17.8 Å². The van der Waals surface area contributed by atoms with Crippen LogP contribution in [0.2, 0.25) is 0 Å². The van der Waals surface area contributed by atoms with E-state index in [0.717, 1.165) is 17.8 Å². The summed E-state index contributed by atoms with van der Waals surface area (Å²) in [5.41, 5.74) is 3.47. The molecule has 0 aliphatic carbocycles. The number of aliphatic hydroxyl groups is 1. The van der Waals surface area contributed by atoms with Gasteiger partial charge in [-0.3, -0.25) is 0 Å². The first-order chi connectivity index (χ1) is 9.20. The summed E-state index contributed by atoms with van der Waals surface area (Å²) in [4.78, 5) is 2.16. The smallest absolute Gasteiger partial charge is 0.0716 e. The molecule has 1 atom stereocenters. The lowest BCUT2D eigenvalue weighted by molar-refractivity contribution is 0.178. The number of hydrogen-bond acceptors (Lipinski definition) is 2. The molecular formula is C17H21NO. The van der Waals surface area contributed by atoms with Gasteiger partial charge in [0.15, 0.2) is 0 Å². The summed E-state index contributed by atoms with van der Waals surface area (Å²) in [6.07, 6.45) is 0.441. The molecule has 0 bridgehead atoms. The molecule has 2 aromatic rings. The van der Waals surface area contributed by atoms with Crippen LogP contribution in [0.15, 0.2) is 54.6 Å². The average molecular weight is 255 g/mol. The third kappa shape index (κ3) is 3.58. The Bertz CT molecular complexity index is 492. The van der Waals surface area contributed by atoms with Crippen molar-refractivity contribution in [3.05, 3.63) is 60.2 Å². The largest absolute Gasteiger partial charge is 0.391 e. The van der Waals surface area contributed by atoms with Gasteiger partial charge in [-0.2, -0.15) is 0 Å². The summed E-state index contributed by atoms with van der Waals surface area (Å²) < 4.78 is 0. The molecule has 2 rings (SSSR count). The van der Waals surface area contributed by atoms with Crippen molar-refractivity contribution in [2.45, 2.75) is 26.4 Å². The zero-order valence-corrected chi connectivity index (χ0v) is 11.6. The maximum absolute atomic E-state index is 9.96. The molecule has 0 fully saturated rings. The van der Waals surface area contributed by atoms with Crippen molar-refractivity contribution >= 4 is 11.4 Å². The van der Waals surface area contributed by atoms with Gasteiger partial charge >= 0.3 is 0 Å². The van der Waals surface area contributed by atoms with Gasteiger partial charge in [0.05, 0.1) is 6.10 Å². The Hall–Kier alpha value is -1.80. The molecule has 2 heteroatoms. The minimum Gasteiger partial charge on any atom is -0.391 e. The Morgan fingerprint density at radius 1 is 0.947 bits per heavy atom. The second kappa shape index (κ2) is 6.39. The Labute approximate surface area is 115 Å². The first-order valence-corrected chi connectivity index (χ1v) is 6.78. The molecule has 0 aliphatic heterocycles. The first kappa shape index (κ1) is 13.6. The maximum Gasteiger partial charge on any atom is 0.0716 e.